The number of para-hydroxylation sites is 1. The minimum atomic E-state index is -0.492. The van der Waals surface area contributed by atoms with Gasteiger partial charge < -0.3 is 10.1 Å². The highest BCUT2D eigenvalue weighted by atomic mass is 16.2. The molecule has 1 atom stereocenters. The molecule has 4 nitrogen and oxygen atoms in total. The maximum atomic E-state index is 11.0. The van der Waals surface area contributed by atoms with Gasteiger partial charge in [-0.2, -0.15) is 0 Å². The molecule has 1 aromatic carbocycles. The van der Waals surface area contributed by atoms with Crippen molar-refractivity contribution in [3.63, 3.8) is 0 Å². The molecule has 0 saturated heterocycles. The van der Waals surface area contributed by atoms with Gasteiger partial charge in [-0.3, -0.25) is 9.78 Å². The zero-order valence-electron chi connectivity index (χ0n) is 10.1. The zero-order chi connectivity index (χ0) is 13.0. The third kappa shape index (κ3) is 2.71. The molecule has 2 rings (SSSR count). The fraction of sp³-hybridized carbons (Fsp3) is 0.214. The number of hydrogen-bond acceptors (Lipinski definition) is 3. The SMILES string of the molecule is CC(=O)N[C@H](C=O)Cc1ccnc2ccccc12. The molecule has 2 aromatic rings. The van der Waals surface area contributed by atoms with E-state index >= 15 is 0 Å². The third-order valence-electron chi connectivity index (χ3n) is 2.73. The largest absolute Gasteiger partial charge is 0.346 e. The summed E-state index contributed by atoms with van der Waals surface area (Å²) in [6.45, 7) is 1.40. The Hall–Kier alpha value is -2.23. The van der Waals surface area contributed by atoms with Gasteiger partial charge in [-0.1, -0.05) is 18.2 Å². The summed E-state index contributed by atoms with van der Waals surface area (Å²) in [4.78, 5) is 26.2. The molecule has 4 heteroatoms. The van der Waals surface area contributed by atoms with E-state index in [1.54, 1.807) is 6.20 Å². The number of hydrogen-bond donors (Lipinski definition) is 1. The first-order chi connectivity index (χ1) is 8.70. The van der Waals surface area contributed by atoms with Gasteiger partial charge in [0.25, 0.3) is 0 Å². The molecule has 1 heterocycles. The van der Waals surface area contributed by atoms with Gasteiger partial charge in [-0.25, -0.2) is 0 Å². The smallest absolute Gasteiger partial charge is 0.217 e. The van der Waals surface area contributed by atoms with Gasteiger partial charge in [0.05, 0.1) is 11.6 Å². The van der Waals surface area contributed by atoms with E-state index in [2.05, 4.69) is 10.3 Å². The van der Waals surface area contributed by atoms with Crippen LogP contribution >= 0.6 is 0 Å². The van der Waals surface area contributed by atoms with Crippen LogP contribution in [0.4, 0.5) is 0 Å². The van der Waals surface area contributed by atoms with Gasteiger partial charge in [-0.05, 0) is 17.7 Å². The number of aromatic nitrogens is 1. The standard InChI is InChI=1S/C14H14N2O2/c1-10(18)16-12(9-17)8-11-6-7-15-14-5-3-2-4-13(11)14/h2-7,9,12H,8H2,1H3,(H,16,18)/t12-/m0/s1. The Morgan fingerprint density at radius 3 is 2.89 bits per heavy atom. The molecule has 18 heavy (non-hydrogen) atoms. The first-order valence-electron chi connectivity index (χ1n) is 5.75. The number of pyridine rings is 1. The topological polar surface area (TPSA) is 59.1 Å². The van der Waals surface area contributed by atoms with Crippen LogP contribution in [0.5, 0.6) is 0 Å². The second kappa shape index (κ2) is 5.40. The molecule has 0 saturated carbocycles. The summed E-state index contributed by atoms with van der Waals surface area (Å²) in [6.07, 6.45) is 2.95. The summed E-state index contributed by atoms with van der Waals surface area (Å²) < 4.78 is 0. The summed E-state index contributed by atoms with van der Waals surface area (Å²) >= 11 is 0. The molecule has 0 spiro atoms. The minimum Gasteiger partial charge on any atom is -0.346 e. The highest BCUT2D eigenvalue weighted by Crippen LogP contribution is 2.17. The second-order valence-corrected chi connectivity index (χ2v) is 4.13. The lowest BCUT2D eigenvalue weighted by atomic mass is 10.0. The van der Waals surface area contributed by atoms with E-state index in [4.69, 9.17) is 0 Å². The number of amides is 1. The minimum absolute atomic E-state index is 0.203. The lowest BCUT2D eigenvalue weighted by Gasteiger charge is -2.12. The van der Waals surface area contributed by atoms with Crippen molar-refractivity contribution in [1.29, 1.82) is 0 Å². The van der Waals surface area contributed by atoms with Gasteiger partial charge in [0.15, 0.2) is 0 Å². The molecule has 1 N–H and O–H groups in total. The van der Waals surface area contributed by atoms with E-state index in [9.17, 15) is 9.59 Å². The van der Waals surface area contributed by atoms with E-state index in [0.717, 1.165) is 22.8 Å². The number of aldehydes is 1. The van der Waals surface area contributed by atoms with E-state index in [0.29, 0.717) is 6.42 Å². The Balaban J connectivity index is 2.30. The van der Waals surface area contributed by atoms with E-state index in [1.807, 2.05) is 30.3 Å². The number of carbonyl (C=O) groups excluding carboxylic acids is 2. The monoisotopic (exact) mass is 242 g/mol. The molecule has 0 fully saturated rings. The summed E-state index contributed by atoms with van der Waals surface area (Å²) in [5.41, 5.74) is 1.90. The van der Waals surface area contributed by atoms with Crippen molar-refractivity contribution in [2.24, 2.45) is 0 Å². The van der Waals surface area contributed by atoms with Crippen LogP contribution in [0.25, 0.3) is 10.9 Å². The summed E-state index contributed by atoms with van der Waals surface area (Å²) in [7, 11) is 0. The van der Waals surface area contributed by atoms with Crippen LogP contribution in [0.1, 0.15) is 12.5 Å². The van der Waals surface area contributed by atoms with Crippen LogP contribution in [0.3, 0.4) is 0 Å². The molecular weight excluding hydrogens is 228 g/mol. The Bertz CT molecular complexity index is 576. The predicted octanol–water partition coefficient (Wildman–Crippen LogP) is 1.48. The van der Waals surface area contributed by atoms with Crippen molar-refractivity contribution < 1.29 is 9.59 Å². The maximum absolute atomic E-state index is 11.0. The van der Waals surface area contributed by atoms with Crippen molar-refractivity contribution in [3.05, 3.63) is 42.1 Å². The maximum Gasteiger partial charge on any atom is 0.217 e. The summed E-state index contributed by atoms with van der Waals surface area (Å²) in [6, 6.07) is 9.13. The summed E-state index contributed by atoms with van der Waals surface area (Å²) in [5.74, 6) is -0.203. The van der Waals surface area contributed by atoms with Crippen molar-refractivity contribution in [2.45, 2.75) is 19.4 Å². The Labute approximate surface area is 105 Å². The average Bonchev–Trinajstić information content (AvgIpc) is 2.38. The quantitative estimate of drug-likeness (QED) is 0.826. The van der Waals surface area contributed by atoms with Crippen LogP contribution in [-0.4, -0.2) is 23.2 Å². The van der Waals surface area contributed by atoms with Crippen molar-refractivity contribution >= 4 is 23.1 Å². The van der Waals surface area contributed by atoms with Crippen LogP contribution in [-0.2, 0) is 16.0 Å². The van der Waals surface area contributed by atoms with Crippen LogP contribution in [0, 0.1) is 0 Å². The van der Waals surface area contributed by atoms with Gasteiger partial charge in [-0.15, -0.1) is 0 Å². The lowest BCUT2D eigenvalue weighted by Crippen LogP contribution is -2.36. The third-order valence-corrected chi connectivity index (χ3v) is 2.73. The molecule has 0 aliphatic heterocycles. The molecule has 0 radical (unpaired) electrons. The number of rotatable bonds is 4. The summed E-state index contributed by atoms with van der Waals surface area (Å²) in [5, 5.41) is 3.63. The van der Waals surface area contributed by atoms with Crippen molar-refractivity contribution in [1.82, 2.24) is 10.3 Å². The first-order valence-corrected chi connectivity index (χ1v) is 5.75. The van der Waals surface area contributed by atoms with Gasteiger partial charge in [0.2, 0.25) is 5.91 Å². The Kier molecular flexibility index (Phi) is 3.67. The number of carbonyl (C=O) groups is 2. The molecule has 0 aliphatic rings. The zero-order valence-corrected chi connectivity index (χ0v) is 10.1. The Morgan fingerprint density at radius 2 is 2.17 bits per heavy atom. The lowest BCUT2D eigenvalue weighted by molar-refractivity contribution is -0.122. The van der Waals surface area contributed by atoms with Crippen LogP contribution < -0.4 is 5.32 Å². The number of nitrogens with zero attached hydrogens (tertiary/aromatic N) is 1. The van der Waals surface area contributed by atoms with Crippen molar-refractivity contribution in [2.75, 3.05) is 0 Å². The highest BCUT2D eigenvalue weighted by molar-refractivity contribution is 5.83. The molecule has 0 unspecified atom stereocenters. The van der Waals surface area contributed by atoms with Gasteiger partial charge in [0, 0.05) is 24.9 Å². The fourth-order valence-corrected chi connectivity index (χ4v) is 1.96. The first kappa shape index (κ1) is 12.2. The van der Waals surface area contributed by atoms with E-state index in [1.165, 1.54) is 6.92 Å². The average molecular weight is 242 g/mol. The van der Waals surface area contributed by atoms with Crippen LogP contribution in [0.2, 0.25) is 0 Å². The molecule has 0 aliphatic carbocycles. The molecule has 92 valence electrons. The molecular formula is C14H14N2O2. The van der Waals surface area contributed by atoms with E-state index < -0.39 is 6.04 Å². The normalized spacial score (nSPS) is 12.1. The molecule has 0 bridgehead atoms. The molecule has 1 aromatic heterocycles. The molecule has 1 amide bonds. The van der Waals surface area contributed by atoms with Crippen LogP contribution in [0.15, 0.2) is 36.5 Å². The second-order valence-electron chi connectivity index (χ2n) is 4.13. The number of fused-ring (bicyclic) bond motifs is 1. The highest BCUT2D eigenvalue weighted by Gasteiger charge is 2.11. The van der Waals surface area contributed by atoms with Gasteiger partial charge >= 0.3 is 0 Å². The number of nitrogens with one attached hydrogen (secondary N) is 1. The van der Waals surface area contributed by atoms with Gasteiger partial charge in [0.1, 0.15) is 6.29 Å². The number of benzene rings is 1. The van der Waals surface area contributed by atoms with Crippen molar-refractivity contribution in [3.8, 4) is 0 Å². The fourth-order valence-electron chi connectivity index (χ4n) is 1.96. The Morgan fingerprint density at radius 1 is 1.39 bits per heavy atom. The van der Waals surface area contributed by atoms with E-state index in [-0.39, 0.29) is 5.91 Å². The predicted molar refractivity (Wildman–Crippen MR) is 69.1 cm³/mol.